The minimum absolute atomic E-state index is 0.774. The number of nitrogens with two attached hydrogens (primary N) is 1. The van der Waals surface area contributed by atoms with Crippen molar-refractivity contribution in [2.75, 3.05) is 6.54 Å². The van der Waals surface area contributed by atoms with Crippen molar-refractivity contribution < 1.29 is 0 Å². The minimum atomic E-state index is 0.774. The SMILES string of the molecule is C=c1c(Cc2cccc(CCCCCCCN)c2)nc2n1C=C(c1ccccc1)NC=2Cc1ccccc1. The van der Waals surface area contributed by atoms with Gasteiger partial charge in [0.05, 0.1) is 22.4 Å². The minimum Gasteiger partial charge on any atom is -0.354 e. The van der Waals surface area contributed by atoms with E-state index in [0.29, 0.717) is 0 Å². The molecule has 2 heterocycles. The van der Waals surface area contributed by atoms with Crippen LogP contribution in [0, 0.1) is 0 Å². The van der Waals surface area contributed by atoms with Crippen molar-refractivity contribution in [3.05, 3.63) is 124 Å². The molecule has 5 rings (SSSR count). The van der Waals surface area contributed by atoms with E-state index in [1.807, 2.05) is 6.07 Å². The summed E-state index contributed by atoms with van der Waals surface area (Å²) in [7, 11) is 0. The van der Waals surface area contributed by atoms with Crippen molar-refractivity contribution in [3.8, 4) is 0 Å². The zero-order valence-corrected chi connectivity index (χ0v) is 22.2. The predicted molar refractivity (Wildman–Crippen MR) is 159 cm³/mol. The second-order valence-electron chi connectivity index (χ2n) is 10.2. The summed E-state index contributed by atoms with van der Waals surface area (Å²) in [5.41, 5.74) is 14.8. The maximum absolute atomic E-state index is 5.61. The smallest absolute Gasteiger partial charge is 0.157 e. The number of rotatable bonds is 12. The van der Waals surface area contributed by atoms with Crippen molar-refractivity contribution in [3.63, 3.8) is 0 Å². The van der Waals surface area contributed by atoms with Crippen LogP contribution in [-0.2, 0) is 19.3 Å². The van der Waals surface area contributed by atoms with E-state index in [-0.39, 0.29) is 0 Å². The fourth-order valence-electron chi connectivity index (χ4n) is 5.17. The summed E-state index contributed by atoms with van der Waals surface area (Å²) in [6.07, 6.45) is 11.0. The first-order chi connectivity index (χ1) is 18.7. The van der Waals surface area contributed by atoms with Gasteiger partial charge in [0.25, 0.3) is 0 Å². The summed E-state index contributed by atoms with van der Waals surface area (Å²) in [6, 6.07) is 30.0. The van der Waals surface area contributed by atoms with Gasteiger partial charge in [-0.2, -0.15) is 0 Å². The Hall–Kier alpha value is -3.89. The molecule has 0 bridgehead atoms. The normalized spacial score (nSPS) is 12.7. The van der Waals surface area contributed by atoms with Crippen LogP contribution >= 0.6 is 0 Å². The molecule has 0 radical (unpaired) electrons. The summed E-state index contributed by atoms with van der Waals surface area (Å²) < 4.78 is 2.16. The third-order valence-corrected chi connectivity index (χ3v) is 7.25. The van der Waals surface area contributed by atoms with E-state index in [0.717, 1.165) is 65.7 Å². The summed E-state index contributed by atoms with van der Waals surface area (Å²) in [4.78, 5) is 5.13. The lowest BCUT2D eigenvalue weighted by Gasteiger charge is -2.19. The Bertz CT molecular complexity index is 1480. The Kier molecular flexibility index (Phi) is 8.52. The third kappa shape index (κ3) is 6.32. The third-order valence-electron chi connectivity index (χ3n) is 7.25. The molecule has 4 heteroatoms. The first-order valence-electron chi connectivity index (χ1n) is 13.9. The van der Waals surface area contributed by atoms with Crippen LogP contribution in [0.4, 0.5) is 0 Å². The molecule has 3 N–H and O–H groups in total. The molecule has 0 saturated heterocycles. The van der Waals surface area contributed by atoms with Crippen LogP contribution in [0.3, 0.4) is 0 Å². The van der Waals surface area contributed by atoms with Gasteiger partial charge in [-0.3, -0.25) is 4.57 Å². The van der Waals surface area contributed by atoms with E-state index in [1.165, 1.54) is 42.4 Å². The number of aryl methyl sites for hydroxylation is 1. The van der Waals surface area contributed by atoms with Gasteiger partial charge in [0.2, 0.25) is 0 Å². The Morgan fingerprint density at radius 3 is 2.21 bits per heavy atom. The second-order valence-corrected chi connectivity index (χ2v) is 10.2. The zero-order chi connectivity index (χ0) is 26.2. The number of benzene rings is 3. The van der Waals surface area contributed by atoms with Gasteiger partial charge < -0.3 is 11.1 Å². The van der Waals surface area contributed by atoms with Crippen molar-refractivity contribution in [1.29, 1.82) is 0 Å². The molecule has 0 aliphatic carbocycles. The number of fused-ring (bicyclic) bond motifs is 1. The highest BCUT2D eigenvalue weighted by atomic mass is 15.1. The van der Waals surface area contributed by atoms with E-state index in [2.05, 4.69) is 102 Å². The van der Waals surface area contributed by atoms with Gasteiger partial charge >= 0.3 is 0 Å². The molecular weight excluding hydrogens is 464 g/mol. The standard InChI is InChI=1S/C34H38N4/c1-26-31(24-29-18-13-17-27(22-29)14-7-3-2-4-12-21-35)37-34-32(23-28-15-8-5-9-16-28)36-33(25-38(26)34)30-19-10-6-11-20-30/h5-6,8-11,13,15-20,22,25,36H,1-4,7,12,14,21,23-24,35H2. The molecule has 4 aromatic rings. The summed E-state index contributed by atoms with van der Waals surface area (Å²) in [5.74, 6) is 0. The Morgan fingerprint density at radius 2 is 1.42 bits per heavy atom. The van der Waals surface area contributed by atoms with Gasteiger partial charge in [0, 0.05) is 19.0 Å². The molecule has 3 aromatic carbocycles. The largest absolute Gasteiger partial charge is 0.354 e. The number of nitrogens with zero attached hydrogens (tertiary/aromatic N) is 2. The van der Waals surface area contributed by atoms with Gasteiger partial charge in [-0.15, -0.1) is 0 Å². The average molecular weight is 503 g/mol. The summed E-state index contributed by atoms with van der Waals surface area (Å²) in [6.45, 7) is 5.28. The average Bonchev–Trinajstić information content (AvgIpc) is 3.27. The zero-order valence-electron chi connectivity index (χ0n) is 22.2. The van der Waals surface area contributed by atoms with Gasteiger partial charge in [0.1, 0.15) is 0 Å². The lowest BCUT2D eigenvalue weighted by molar-refractivity contribution is 0.618. The van der Waals surface area contributed by atoms with Crippen LogP contribution in [0.25, 0.3) is 24.2 Å². The molecule has 0 amide bonds. The number of aromatic nitrogens is 2. The number of hydrogen-bond acceptors (Lipinski definition) is 3. The number of hydrogen-bond donors (Lipinski definition) is 2. The molecular formula is C34H38N4. The highest BCUT2D eigenvalue weighted by molar-refractivity contribution is 5.80. The fraction of sp³-hybridized carbons (Fsp3) is 0.265. The quantitative estimate of drug-likeness (QED) is 0.260. The van der Waals surface area contributed by atoms with E-state index >= 15 is 0 Å². The van der Waals surface area contributed by atoms with Crippen LogP contribution in [0.2, 0.25) is 0 Å². The van der Waals surface area contributed by atoms with E-state index in [9.17, 15) is 0 Å². The molecule has 38 heavy (non-hydrogen) atoms. The molecule has 0 fully saturated rings. The Labute approximate surface area is 226 Å². The molecule has 4 nitrogen and oxygen atoms in total. The van der Waals surface area contributed by atoms with Crippen LogP contribution in [0.15, 0.2) is 84.9 Å². The fourth-order valence-corrected chi connectivity index (χ4v) is 5.17. The molecule has 1 aromatic heterocycles. The summed E-state index contributed by atoms with van der Waals surface area (Å²) >= 11 is 0. The van der Waals surface area contributed by atoms with E-state index in [4.69, 9.17) is 10.7 Å². The van der Waals surface area contributed by atoms with Crippen LogP contribution in [0.5, 0.6) is 0 Å². The lowest BCUT2D eigenvalue weighted by Crippen LogP contribution is -2.35. The number of nitrogens with one attached hydrogen (secondary N) is 1. The van der Waals surface area contributed by atoms with Crippen molar-refractivity contribution >= 4 is 24.2 Å². The van der Waals surface area contributed by atoms with Crippen LogP contribution < -0.4 is 21.9 Å². The first-order valence-corrected chi connectivity index (χ1v) is 13.9. The topological polar surface area (TPSA) is 55.9 Å². The van der Waals surface area contributed by atoms with Gasteiger partial charge in [-0.25, -0.2) is 4.98 Å². The molecule has 0 unspecified atom stereocenters. The highest BCUT2D eigenvalue weighted by Gasteiger charge is 2.17. The first kappa shape index (κ1) is 25.7. The number of unbranched alkanes of at least 4 members (excludes halogenated alkanes) is 4. The maximum Gasteiger partial charge on any atom is 0.157 e. The number of imidazole rings is 1. The second kappa shape index (κ2) is 12.6. The highest BCUT2D eigenvalue weighted by Crippen LogP contribution is 2.19. The van der Waals surface area contributed by atoms with Crippen LogP contribution in [0.1, 0.15) is 60.1 Å². The maximum atomic E-state index is 5.61. The van der Waals surface area contributed by atoms with Gasteiger partial charge in [0.15, 0.2) is 5.48 Å². The van der Waals surface area contributed by atoms with Crippen LogP contribution in [-0.4, -0.2) is 16.1 Å². The molecule has 1 aliphatic heterocycles. The van der Waals surface area contributed by atoms with E-state index in [1.54, 1.807) is 0 Å². The van der Waals surface area contributed by atoms with Crippen molar-refractivity contribution in [1.82, 2.24) is 14.9 Å². The molecule has 0 spiro atoms. The molecule has 1 aliphatic rings. The Morgan fingerprint density at radius 1 is 0.737 bits per heavy atom. The van der Waals surface area contributed by atoms with Gasteiger partial charge in [-0.05, 0) is 48.1 Å². The van der Waals surface area contributed by atoms with Crippen molar-refractivity contribution in [2.24, 2.45) is 5.73 Å². The van der Waals surface area contributed by atoms with E-state index < -0.39 is 0 Å². The monoisotopic (exact) mass is 502 g/mol. The molecule has 0 atom stereocenters. The van der Waals surface area contributed by atoms with Crippen molar-refractivity contribution in [2.45, 2.75) is 51.4 Å². The molecule has 0 saturated carbocycles. The Balaban J connectivity index is 1.40. The summed E-state index contributed by atoms with van der Waals surface area (Å²) in [5, 5.41) is 4.64. The predicted octanol–water partition coefficient (Wildman–Crippen LogP) is 5.25. The van der Waals surface area contributed by atoms with Gasteiger partial charge in [-0.1, -0.05) is 111 Å². The molecule has 194 valence electrons. The lowest BCUT2D eigenvalue weighted by atomic mass is 10.0.